The van der Waals surface area contributed by atoms with Gasteiger partial charge in [0.05, 0.1) is 6.61 Å². The summed E-state index contributed by atoms with van der Waals surface area (Å²) in [5.74, 6) is 1.11. The fraction of sp³-hybridized carbons (Fsp3) is 0.500. The van der Waals surface area contributed by atoms with E-state index in [1.165, 1.54) is 12.8 Å². The average Bonchev–Trinajstić information content (AvgIpc) is 3.07. The minimum Gasteiger partial charge on any atom is -0.384 e. The molecule has 84 valence electrons. The van der Waals surface area contributed by atoms with Crippen LogP contribution in [0, 0.1) is 0 Å². The number of fused-ring (bicyclic) bond motifs is 1. The summed E-state index contributed by atoms with van der Waals surface area (Å²) in [5, 5.41) is 0. The summed E-state index contributed by atoms with van der Waals surface area (Å²) < 4.78 is 7.41. The van der Waals surface area contributed by atoms with E-state index in [0.717, 1.165) is 30.0 Å². The SMILES string of the molecule is COCCc1nc2cccnc2n1C1CC1. The van der Waals surface area contributed by atoms with Gasteiger partial charge in [-0.3, -0.25) is 0 Å². The Morgan fingerprint density at radius 2 is 2.38 bits per heavy atom. The van der Waals surface area contributed by atoms with E-state index in [-0.39, 0.29) is 0 Å². The quantitative estimate of drug-likeness (QED) is 0.786. The molecule has 1 aliphatic carbocycles. The van der Waals surface area contributed by atoms with Crippen LogP contribution < -0.4 is 0 Å². The van der Waals surface area contributed by atoms with Crippen LogP contribution >= 0.6 is 0 Å². The molecule has 0 aliphatic heterocycles. The highest BCUT2D eigenvalue weighted by molar-refractivity contribution is 5.71. The van der Waals surface area contributed by atoms with Gasteiger partial charge >= 0.3 is 0 Å². The van der Waals surface area contributed by atoms with Gasteiger partial charge in [-0.15, -0.1) is 0 Å². The monoisotopic (exact) mass is 217 g/mol. The second-order valence-corrected chi connectivity index (χ2v) is 4.22. The Morgan fingerprint density at radius 3 is 3.12 bits per heavy atom. The molecule has 2 aromatic rings. The minimum atomic E-state index is 0.617. The number of hydrogen-bond acceptors (Lipinski definition) is 3. The molecule has 16 heavy (non-hydrogen) atoms. The number of methoxy groups -OCH3 is 1. The van der Waals surface area contributed by atoms with Crippen LogP contribution in [0.2, 0.25) is 0 Å². The van der Waals surface area contributed by atoms with Crippen molar-refractivity contribution in [3.8, 4) is 0 Å². The summed E-state index contributed by atoms with van der Waals surface area (Å²) in [4.78, 5) is 9.06. The van der Waals surface area contributed by atoms with Crippen molar-refractivity contribution in [1.29, 1.82) is 0 Å². The molecule has 4 heteroatoms. The molecule has 0 aromatic carbocycles. The second-order valence-electron chi connectivity index (χ2n) is 4.22. The van der Waals surface area contributed by atoms with Gasteiger partial charge in [-0.05, 0) is 25.0 Å². The van der Waals surface area contributed by atoms with E-state index in [1.54, 1.807) is 7.11 Å². The predicted molar refractivity (Wildman–Crippen MR) is 61.4 cm³/mol. The first kappa shape index (κ1) is 9.78. The van der Waals surface area contributed by atoms with Gasteiger partial charge in [-0.25, -0.2) is 9.97 Å². The van der Waals surface area contributed by atoms with Gasteiger partial charge in [0.25, 0.3) is 0 Å². The fourth-order valence-corrected chi connectivity index (χ4v) is 2.06. The maximum Gasteiger partial charge on any atom is 0.160 e. The van der Waals surface area contributed by atoms with Crippen molar-refractivity contribution < 1.29 is 4.74 Å². The fourth-order valence-electron chi connectivity index (χ4n) is 2.06. The Hall–Kier alpha value is -1.42. The molecule has 0 N–H and O–H groups in total. The molecule has 0 spiro atoms. The predicted octanol–water partition coefficient (Wildman–Crippen LogP) is 1.96. The van der Waals surface area contributed by atoms with E-state index in [1.807, 2.05) is 18.3 Å². The van der Waals surface area contributed by atoms with E-state index >= 15 is 0 Å². The zero-order chi connectivity index (χ0) is 11.0. The standard InChI is InChI=1S/C12H15N3O/c1-16-8-6-11-14-10-3-2-7-13-12(10)15(11)9-4-5-9/h2-3,7,9H,4-6,8H2,1H3. The molecule has 0 amide bonds. The van der Waals surface area contributed by atoms with Gasteiger partial charge < -0.3 is 9.30 Å². The van der Waals surface area contributed by atoms with Crippen LogP contribution in [0.5, 0.6) is 0 Å². The summed E-state index contributed by atoms with van der Waals surface area (Å²) in [7, 11) is 1.72. The highest BCUT2D eigenvalue weighted by Crippen LogP contribution is 2.38. The number of pyridine rings is 1. The average molecular weight is 217 g/mol. The van der Waals surface area contributed by atoms with E-state index in [2.05, 4.69) is 14.5 Å². The molecular formula is C12H15N3O. The summed E-state index contributed by atoms with van der Waals surface area (Å²) in [6, 6.07) is 4.58. The molecule has 4 nitrogen and oxygen atoms in total. The molecule has 0 bridgehead atoms. The second kappa shape index (κ2) is 3.87. The summed E-state index contributed by atoms with van der Waals surface area (Å²) in [6.45, 7) is 0.718. The van der Waals surface area contributed by atoms with Crippen molar-refractivity contribution in [3.63, 3.8) is 0 Å². The van der Waals surface area contributed by atoms with E-state index in [9.17, 15) is 0 Å². The lowest BCUT2D eigenvalue weighted by atomic mass is 10.4. The molecule has 0 saturated heterocycles. The molecule has 1 aliphatic rings. The first-order valence-corrected chi connectivity index (χ1v) is 5.71. The van der Waals surface area contributed by atoms with Gasteiger partial charge in [0.15, 0.2) is 5.65 Å². The Morgan fingerprint density at radius 1 is 1.50 bits per heavy atom. The van der Waals surface area contributed by atoms with Gasteiger partial charge in [-0.2, -0.15) is 0 Å². The number of nitrogens with zero attached hydrogens (tertiary/aromatic N) is 3. The van der Waals surface area contributed by atoms with Crippen molar-refractivity contribution >= 4 is 11.2 Å². The van der Waals surface area contributed by atoms with Crippen LogP contribution in [-0.4, -0.2) is 28.3 Å². The number of aromatic nitrogens is 3. The Bertz CT molecular complexity index is 502. The third-order valence-corrected chi connectivity index (χ3v) is 2.96. The number of imidazole rings is 1. The van der Waals surface area contributed by atoms with Crippen LogP contribution in [0.4, 0.5) is 0 Å². The van der Waals surface area contributed by atoms with Crippen LogP contribution in [-0.2, 0) is 11.2 Å². The smallest absolute Gasteiger partial charge is 0.160 e. The highest BCUT2D eigenvalue weighted by atomic mass is 16.5. The number of hydrogen-bond donors (Lipinski definition) is 0. The van der Waals surface area contributed by atoms with Crippen molar-refractivity contribution in [2.45, 2.75) is 25.3 Å². The molecule has 1 fully saturated rings. The van der Waals surface area contributed by atoms with Crippen LogP contribution in [0.25, 0.3) is 11.2 Å². The van der Waals surface area contributed by atoms with Gasteiger partial charge in [-0.1, -0.05) is 0 Å². The van der Waals surface area contributed by atoms with Crippen LogP contribution in [0.1, 0.15) is 24.7 Å². The Balaban J connectivity index is 2.07. The van der Waals surface area contributed by atoms with Crippen molar-refractivity contribution in [2.24, 2.45) is 0 Å². The summed E-state index contributed by atoms with van der Waals surface area (Å²) in [5.41, 5.74) is 2.02. The molecular weight excluding hydrogens is 202 g/mol. The van der Waals surface area contributed by atoms with E-state index < -0.39 is 0 Å². The first-order chi connectivity index (χ1) is 7.90. The lowest BCUT2D eigenvalue weighted by Gasteiger charge is -2.05. The topological polar surface area (TPSA) is 39.9 Å². The zero-order valence-electron chi connectivity index (χ0n) is 9.39. The molecule has 0 unspecified atom stereocenters. The largest absolute Gasteiger partial charge is 0.384 e. The maximum absolute atomic E-state index is 5.12. The van der Waals surface area contributed by atoms with Gasteiger partial charge in [0.2, 0.25) is 0 Å². The van der Waals surface area contributed by atoms with E-state index in [4.69, 9.17) is 4.74 Å². The zero-order valence-corrected chi connectivity index (χ0v) is 9.39. The minimum absolute atomic E-state index is 0.617. The number of ether oxygens (including phenoxy) is 1. The Kier molecular flexibility index (Phi) is 2.36. The molecule has 1 saturated carbocycles. The highest BCUT2D eigenvalue weighted by Gasteiger charge is 2.28. The van der Waals surface area contributed by atoms with Crippen molar-refractivity contribution in [1.82, 2.24) is 14.5 Å². The maximum atomic E-state index is 5.12. The summed E-state index contributed by atoms with van der Waals surface area (Å²) in [6.07, 6.45) is 5.20. The lowest BCUT2D eigenvalue weighted by molar-refractivity contribution is 0.199. The van der Waals surface area contributed by atoms with Crippen LogP contribution in [0.15, 0.2) is 18.3 Å². The summed E-state index contributed by atoms with van der Waals surface area (Å²) >= 11 is 0. The Labute approximate surface area is 94.3 Å². The molecule has 2 heterocycles. The van der Waals surface area contributed by atoms with Crippen molar-refractivity contribution in [2.75, 3.05) is 13.7 Å². The van der Waals surface area contributed by atoms with Gasteiger partial charge in [0.1, 0.15) is 11.3 Å². The first-order valence-electron chi connectivity index (χ1n) is 5.71. The molecule has 2 aromatic heterocycles. The number of rotatable bonds is 4. The molecule has 3 rings (SSSR count). The normalized spacial score (nSPS) is 15.8. The van der Waals surface area contributed by atoms with Gasteiger partial charge in [0, 0.05) is 25.8 Å². The third kappa shape index (κ3) is 1.59. The molecule has 0 atom stereocenters. The molecule has 0 radical (unpaired) electrons. The van der Waals surface area contributed by atoms with E-state index in [0.29, 0.717) is 6.04 Å². The third-order valence-electron chi connectivity index (χ3n) is 2.96. The lowest BCUT2D eigenvalue weighted by Crippen LogP contribution is -2.05. The van der Waals surface area contributed by atoms with Crippen LogP contribution in [0.3, 0.4) is 0 Å². The van der Waals surface area contributed by atoms with Crippen molar-refractivity contribution in [3.05, 3.63) is 24.2 Å².